The zero-order chi connectivity index (χ0) is 13.9. The van der Waals surface area contributed by atoms with Gasteiger partial charge in [-0.05, 0) is 19.8 Å². The highest BCUT2D eigenvalue weighted by molar-refractivity contribution is 5.36. The predicted octanol–water partition coefficient (Wildman–Crippen LogP) is 3.01. The van der Waals surface area contributed by atoms with Gasteiger partial charge in [-0.25, -0.2) is 0 Å². The maximum atomic E-state index is 9.18. The summed E-state index contributed by atoms with van der Waals surface area (Å²) in [4.78, 5) is 9.18. The molecule has 4 nitrogen and oxygen atoms in total. The third kappa shape index (κ3) is 21.3. The van der Waals surface area contributed by atoms with Gasteiger partial charge in [0.25, 0.3) is 6.47 Å². The van der Waals surface area contributed by atoms with Crippen molar-refractivity contribution in [3.05, 3.63) is 0 Å². The van der Waals surface area contributed by atoms with Gasteiger partial charge in [0.2, 0.25) is 0 Å². The van der Waals surface area contributed by atoms with E-state index in [0.717, 1.165) is 0 Å². The first-order chi connectivity index (χ1) is 8.35. The molecule has 0 heterocycles. The molecule has 1 saturated carbocycles. The van der Waals surface area contributed by atoms with Crippen LogP contribution < -0.4 is 11.3 Å². The van der Waals surface area contributed by atoms with Crippen molar-refractivity contribution >= 4 is 6.47 Å². The Morgan fingerprint density at radius 1 is 1.18 bits per heavy atom. The van der Waals surface area contributed by atoms with E-state index in [1.807, 2.05) is 27.7 Å². The summed E-state index contributed by atoms with van der Waals surface area (Å²) in [5.74, 6) is 5.25. The summed E-state index contributed by atoms with van der Waals surface area (Å²) >= 11 is 0. The van der Waals surface area contributed by atoms with Crippen LogP contribution in [-0.4, -0.2) is 19.1 Å². The van der Waals surface area contributed by atoms with Gasteiger partial charge in [0, 0.05) is 6.04 Å². The zero-order valence-corrected chi connectivity index (χ0v) is 12.3. The standard InChI is InChI=1S/C6H14N2.C3H6O2.2C2H6/c7-8-6-4-2-1-3-5-6;1-2-5-3-4;2*1-2/h6,8H,1-5,7H2;3H,2H2,1H3;2*1-2H3. The highest BCUT2D eigenvalue weighted by Crippen LogP contribution is 2.16. The first-order valence-corrected chi connectivity index (χ1v) is 6.86. The maximum absolute atomic E-state index is 9.18. The van der Waals surface area contributed by atoms with E-state index in [1.165, 1.54) is 32.1 Å². The van der Waals surface area contributed by atoms with Gasteiger partial charge in [-0.2, -0.15) is 0 Å². The third-order valence-electron chi connectivity index (χ3n) is 2.08. The van der Waals surface area contributed by atoms with Gasteiger partial charge in [-0.1, -0.05) is 47.0 Å². The highest BCUT2D eigenvalue weighted by Gasteiger charge is 2.09. The van der Waals surface area contributed by atoms with Crippen LogP contribution in [0.4, 0.5) is 0 Å². The average Bonchev–Trinajstić information content (AvgIpc) is 2.46. The highest BCUT2D eigenvalue weighted by atomic mass is 16.5. The normalized spacial score (nSPS) is 13.8. The molecule has 0 amide bonds. The number of hydrazine groups is 1. The summed E-state index contributed by atoms with van der Waals surface area (Å²) in [7, 11) is 0. The minimum Gasteiger partial charge on any atom is -0.468 e. The van der Waals surface area contributed by atoms with Crippen LogP contribution in [-0.2, 0) is 9.53 Å². The number of nitrogens with two attached hydrogens (primary N) is 1. The Morgan fingerprint density at radius 3 is 1.82 bits per heavy atom. The Hall–Kier alpha value is -0.610. The van der Waals surface area contributed by atoms with E-state index in [9.17, 15) is 4.79 Å². The molecule has 0 aliphatic heterocycles. The van der Waals surface area contributed by atoms with Crippen molar-refractivity contribution in [3.8, 4) is 0 Å². The van der Waals surface area contributed by atoms with Crippen molar-refractivity contribution in [2.75, 3.05) is 6.61 Å². The quantitative estimate of drug-likeness (QED) is 0.458. The Balaban J connectivity index is -0.000000190. The van der Waals surface area contributed by atoms with Gasteiger partial charge in [-0.15, -0.1) is 0 Å². The van der Waals surface area contributed by atoms with E-state index >= 15 is 0 Å². The molecule has 1 aliphatic rings. The summed E-state index contributed by atoms with van der Waals surface area (Å²) in [5, 5.41) is 0. The number of ether oxygens (including phenoxy) is 1. The van der Waals surface area contributed by atoms with Gasteiger partial charge in [0.15, 0.2) is 0 Å². The zero-order valence-electron chi connectivity index (χ0n) is 12.3. The smallest absolute Gasteiger partial charge is 0.293 e. The van der Waals surface area contributed by atoms with E-state index in [0.29, 0.717) is 19.1 Å². The number of carbonyl (C=O) groups excluding carboxylic acids is 1. The van der Waals surface area contributed by atoms with Gasteiger partial charge < -0.3 is 4.74 Å². The van der Waals surface area contributed by atoms with Crippen LogP contribution in [0.15, 0.2) is 0 Å². The second-order valence-electron chi connectivity index (χ2n) is 3.05. The summed E-state index contributed by atoms with van der Waals surface area (Å²) in [6.45, 7) is 10.7. The fourth-order valence-corrected chi connectivity index (χ4v) is 1.34. The molecule has 0 aromatic heterocycles. The average molecular weight is 248 g/mol. The van der Waals surface area contributed by atoms with Crippen LogP contribution in [0.1, 0.15) is 66.7 Å². The first kappa shape index (κ1) is 21.7. The maximum Gasteiger partial charge on any atom is 0.293 e. The number of hydrogen-bond acceptors (Lipinski definition) is 4. The van der Waals surface area contributed by atoms with Crippen LogP contribution in [0, 0.1) is 0 Å². The Kier molecular flexibility index (Phi) is 31.3. The third-order valence-corrected chi connectivity index (χ3v) is 2.08. The summed E-state index contributed by atoms with van der Waals surface area (Å²) < 4.78 is 4.15. The Labute approximate surface area is 107 Å². The van der Waals surface area contributed by atoms with Crippen molar-refractivity contribution < 1.29 is 9.53 Å². The first-order valence-electron chi connectivity index (χ1n) is 6.86. The monoisotopic (exact) mass is 248 g/mol. The van der Waals surface area contributed by atoms with Gasteiger partial charge in [0.05, 0.1) is 6.61 Å². The van der Waals surface area contributed by atoms with Crippen molar-refractivity contribution in [1.29, 1.82) is 0 Å². The Bertz CT molecular complexity index is 116. The van der Waals surface area contributed by atoms with Crippen LogP contribution in [0.5, 0.6) is 0 Å². The van der Waals surface area contributed by atoms with Crippen LogP contribution in [0.3, 0.4) is 0 Å². The molecule has 0 bridgehead atoms. The van der Waals surface area contributed by atoms with Gasteiger partial charge >= 0.3 is 0 Å². The fourth-order valence-electron chi connectivity index (χ4n) is 1.34. The lowest BCUT2D eigenvalue weighted by Gasteiger charge is -2.19. The molecule has 0 atom stereocenters. The summed E-state index contributed by atoms with van der Waals surface area (Å²) in [6.07, 6.45) is 6.66. The molecule has 0 unspecified atom stereocenters. The fraction of sp³-hybridized carbons (Fsp3) is 0.923. The number of hydrogen-bond donors (Lipinski definition) is 2. The van der Waals surface area contributed by atoms with Gasteiger partial charge in [0.1, 0.15) is 0 Å². The number of nitrogens with one attached hydrogen (secondary N) is 1. The van der Waals surface area contributed by atoms with Crippen LogP contribution in [0.25, 0.3) is 0 Å². The van der Waals surface area contributed by atoms with Crippen molar-refractivity contribution in [2.24, 2.45) is 5.84 Å². The molecule has 0 saturated heterocycles. The van der Waals surface area contributed by atoms with Gasteiger partial charge in [-0.3, -0.25) is 16.1 Å². The predicted molar refractivity (Wildman–Crippen MR) is 74.6 cm³/mol. The van der Waals surface area contributed by atoms with E-state index in [1.54, 1.807) is 6.92 Å². The molecule has 3 N–H and O–H groups in total. The molecular weight excluding hydrogens is 216 g/mol. The molecule has 0 aromatic carbocycles. The lowest BCUT2D eigenvalue weighted by Crippen LogP contribution is -2.36. The number of carbonyl (C=O) groups is 1. The molecular formula is C13H32N2O2. The second kappa shape index (κ2) is 24.6. The molecule has 1 fully saturated rings. The van der Waals surface area contributed by atoms with E-state index in [4.69, 9.17) is 5.84 Å². The molecule has 1 aliphatic carbocycles. The molecule has 17 heavy (non-hydrogen) atoms. The van der Waals surface area contributed by atoms with Crippen molar-refractivity contribution in [3.63, 3.8) is 0 Å². The lowest BCUT2D eigenvalue weighted by molar-refractivity contribution is -0.128. The molecule has 4 heteroatoms. The second-order valence-corrected chi connectivity index (χ2v) is 3.05. The minimum atomic E-state index is 0.431. The van der Waals surface area contributed by atoms with Crippen LogP contribution >= 0.6 is 0 Å². The molecule has 106 valence electrons. The molecule has 0 aromatic rings. The van der Waals surface area contributed by atoms with E-state index in [2.05, 4.69) is 10.2 Å². The SMILES string of the molecule is CC.CC.CCOC=O.NNC1CCCCC1. The summed E-state index contributed by atoms with van der Waals surface area (Å²) in [6, 6.07) is 0.615. The lowest BCUT2D eigenvalue weighted by atomic mass is 9.96. The van der Waals surface area contributed by atoms with Crippen molar-refractivity contribution in [2.45, 2.75) is 72.8 Å². The molecule has 1 rings (SSSR count). The topological polar surface area (TPSA) is 64.3 Å². The largest absolute Gasteiger partial charge is 0.468 e. The minimum absolute atomic E-state index is 0.431. The number of rotatable bonds is 3. The Morgan fingerprint density at radius 2 is 1.65 bits per heavy atom. The van der Waals surface area contributed by atoms with E-state index in [-0.39, 0.29) is 0 Å². The summed E-state index contributed by atoms with van der Waals surface area (Å²) in [5.41, 5.74) is 2.80. The molecule has 0 spiro atoms. The van der Waals surface area contributed by atoms with E-state index < -0.39 is 0 Å². The van der Waals surface area contributed by atoms with Crippen molar-refractivity contribution in [1.82, 2.24) is 5.43 Å². The molecule has 0 radical (unpaired) electrons. The van der Waals surface area contributed by atoms with Crippen LogP contribution in [0.2, 0.25) is 0 Å².